The van der Waals surface area contributed by atoms with E-state index in [0.29, 0.717) is 5.69 Å². The van der Waals surface area contributed by atoms with Crippen LogP contribution in [0.3, 0.4) is 0 Å². The average molecular weight is 321 g/mol. The van der Waals surface area contributed by atoms with Crippen LogP contribution in [0.2, 0.25) is 0 Å². The lowest BCUT2D eigenvalue weighted by Crippen LogP contribution is -2.16. The van der Waals surface area contributed by atoms with Gasteiger partial charge in [-0.1, -0.05) is 18.2 Å². The molecular weight excluding hydrogens is 306 g/mol. The first-order valence-electron chi connectivity index (χ1n) is 6.28. The number of nitrogens with one attached hydrogen (secondary N) is 1. The van der Waals surface area contributed by atoms with E-state index < -0.39 is 5.97 Å². The molecule has 0 fully saturated rings. The number of thiophene rings is 1. The number of benzene rings is 1. The van der Waals surface area contributed by atoms with E-state index >= 15 is 0 Å². The predicted octanol–water partition coefficient (Wildman–Crippen LogP) is 3.79. The Morgan fingerprint density at radius 3 is 2.62 bits per heavy atom. The van der Waals surface area contributed by atoms with E-state index in [9.17, 15) is 9.59 Å². The molecule has 1 heterocycles. The average Bonchev–Trinajstić information content (AvgIpc) is 2.79. The van der Waals surface area contributed by atoms with E-state index in [1.54, 1.807) is 12.3 Å². The molecule has 1 aromatic heterocycles. The van der Waals surface area contributed by atoms with Crippen LogP contribution >= 0.6 is 23.1 Å². The first kappa shape index (κ1) is 15.6. The minimum atomic E-state index is -1.02. The summed E-state index contributed by atoms with van der Waals surface area (Å²) in [5, 5.41) is 13.5. The Morgan fingerprint density at radius 1 is 1.24 bits per heavy atom. The van der Waals surface area contributed by atoms with Crippen molar-refractivity contribution < 1.29 is 14.7 Å². The van der Waals surface area contributed by atoms with Crippen LogP contribution in [0.5, 0.6) is 0 Å². The van der Waals surface area contributed by atoms with Crippen molar-refractivity contribution in [1.29, 1.82) is 0 Å². The van der Waals surface area contributed by atoms with Gasteiger partial charge in [-0.05, 0) is 36.4 Å². The minimum absolute atomic E-state index is 0.168. The van der Waals surface area contributed by atoms with Crippen LogP contribution in [0.15, 0.2) is 34.5 Å². The van der Waals surface area contributed by atoms with Gasteiger partial charge in [0.15, 0.2) is 0 Å². The number of hydrogen-bond donors (Lipinski definition) is 2. The molecule has 1 aromatic carbocycles. The van der Waals surface area contributed by atoms with Crippen LogP contribution in [-0.4, -0.2) is 22.7 Å². The summed E-state index contributed by atoms with van der Waals surface area (Å²) in [5.41, 5.74) is 2.29. The summed E-state index contributed by atoms with van der Waals surface area (Å²) in [6.45, 7) is 3.78. The van der Waals surface area contributed by atoms with E-state index in [-0.39, 0.29) is 16.5 Å². The van der Waals surface area contributed by atoms with Gasteiger partial charge in [0.2, 0.25) is 5.91 Å². The molecular formula is C15H15NO3S2. The highest BCUT2D eigenvalue weighted by Gasteiger charge is 2.17. The summed E-state index contributed by atoms with van der Waals surface area (Å²) in [6.07, 6.45) is 0. The van der Waals surface area contributed by atoms with Gasteiger partial charge in [0.05, 0.1) is 11.4 Å². The molecule has 0 saturated carbocycles. The monoisotopic (exact) mass is 321 g/mol. The van der Waals surface area contributed by atoms with Crippen molar-refractivity contribution in [3.8, 4) is 0 Å². The molecule has 0 radical (unpaired) electrons. The smallest absolute Gasteiger partial charge is 0.348 e. The van der Waals surface area contributed by atoms with Gasteiger partial charge >= 0.3 is 5.97 Å². The zero-order valence-electron chi connectivity index (χ0n) is 11.7. The largest absolute Gasteiger partial charge is 0.477 e. The Balaban J connectivity index is 2.01. The third kappa shape index (κ3) is 3.86. The first-order chi connectivity index (χ1) is 9.99. The van der Waals surface area contributed by atoms with Gasteiger partial charge in [0.25, 0.3) is 0 Å². The molecule has 0 saturated heterocycles. The molecule has 0 spiro atoms. The van der Waals surface area contributed by atoms with Crippen molar-refractivity contribution in [3.63, 3.8) is 0 Å². The summed E-state index contributed by atoms with van der Waals surface area (Å²) in [6, 6.07) is 7.84. The Morgan fingerprint density at radius 2 is 1.95 bits per heavy atom. The van der Waals surface area contributed by atoms with Crippen molar-refractivity contribution in [2.75, 3.05) is 11.1 Å². The van der Waals surface area contributed by atoms with Gasteiger partial charge in [0, 0.05) is 4.90 Å². The lowest BCUT2D eigenvalue weighted by molar-refractivity contribution is -0.113. The Kier molecular flexibility index (Phi) is 5.03. The van der Waals surface area contributed by atoms with Crippen molar-refractivity contribution >= 4 is 40.7 Å². The van der Waals surface area contributed by atoms with E-state index in [1.807, 2.05) is 31.2 Å². The van der Waals surface area contributed by atoms with Crippen LogP contribution in [0, 0.1) is 13.8 Å². The molecule has 0 unspecified atom stereocenters. The third-order valence-electron chi connectivity index (χ3n) is 2.89. The fourth-order valence-corrected chi connectivity index (χ4v) is 3.47. The number of carbonyl (C=O) groups excluding carboxylic acids is 1. The Labute approximate surface area is 131 Å². The number of aryl methyl sites for hydroxylation is 2. The Hall–Kier alpha value is -1.79. The summed E-state index contributed by atoms with van der Waals surface area (Å²) >= 11 is 2.56. The van der Waals surface area contributed by atoms with Crippen LogP contribution in [0.4, 0.5) is 5.69 Å². The van der Waals surface area contributed by atoms with E-state index in [1.165, 1.54) is 11.8 Å². The van der Waals surface area contributed by atoms with E-state index in [2.05, 4.69) is 5.32 Å². The van der Waals surface area contributed by atoms with E-state index in [0.717, 1.165) is 27.4 Å². The molecule has 110 valence electrons. The minimum Gasteiger partial charge on any atom is -0.477 e. The van der Waals surface area contributed by atoms with Crippen LogP contribution in [0.1, 0.15) is 20.8 Å². The summed E-state index contributed by atoms with van der Waals surface area (Å²) in [4.78, 5) is 24.3. The van der Waals surface area contributed by atoms with Gasteiger partial charge in [-0.15, -0.1) is 23.1 Å². The molecule has 2 rings (SSSR count). The molecule has 6 heteroatoms. The maximum Gasteiger partial charge on any atom is 0.348 e. The SMILES string of the molecule is Cc1ccccc1SCC(=O)Nc1c(C)csc1C(=O)O. The van der Waals surface area contributed by atoms with Crippen molar-refractivity contribution in [2.45, 2.75) is 18.7 Å². The lowest BCUT2D eigenvalue weighted by atomic mass is 10.2. The number of carboxylic acid groups (broad SMARTS) is 1. The number of thioether (sulfide) groups is 1. The van der Waals surface area contributed by atoms with Gasteiger partial charge in [-0.2, -0.15) is 0 Å². The molecule has 4 nitrogen and oxygen atoms in total. The maximum absolute atomic E-state index is 12.0. The standard InChI is InChI=1S/C15H15NO3S2/c1-9-5-3-4-6-11(9)20-8-12(17)16-13-10(2)7-21-14(13)15(18)19/h3-7H,8H2,1-2H3,(H,16,17)(H,18,19). The molecule has 21 heavy (non-hydrogen) atoms. The second kappa shape index (κ2) is 6.78. The fraction of sp³-hybridized carbons (Fsp3) is 0.200. The summed E-state index contributed by atoms with van der Waals surface area (Å²) in [7, 11) is 0. The zero-order valence-corrected chi connectivity index (χ0v) is 13.3. The second-order valence-electron chi connectivity index (χ2n) is 4.53. The molecule has 2 aromatic rings. The highest BCUT2D eigenvalue weighted by Crippen LogP contribution is 2.28. The molecule has 2 N–H and O–H groups in total. The van der Waals surface area contributed by atoms with Crippen LogP contribution in [-0.2, 0) is 4.79 Å². The van der Waals surface area contributed by atoms with Gasteiger partial charge in [0.1, 0.15) is 4.88 Å². The maximum atomic E-state index is 12.0. The molecule has 0 aliphatic rings. The van der Waals surface area contributed by atoms with E-state index in [4.69, 9.17) is 5.11 Å². The third-order valence-corrected chi connectivity index (χ3v) is 5.15. The molecule has 1 amide bonds. The second-order valence-corrected chi connectivity index (χ2v) is 6.43. The Bertz CT molecular complexity index is 679. The number of carboxylic acids is 1. The van der Waals surface area contributed by atoms with Crippen LogP contribution < -0.4 is 5.32 Å². The van der Waals surface area contributed by atoms with Gasteiger partial charge in [-0.3, -0.25) is 4.79 Å². The zero-order chi connectivity index (χ0) is 15.4. The molecule has 0 aliphatic carbocycles. The number of amides is 1. The lowest BCUT2D eigenvalue weighted by Gasteiger charge is -2.07. The number of anilines is 1. The van der Waals surface area contributed by atoms with Crippen LogP contribution in [0.25, 0.3) is 0 Å². The number of aromatic carboxylic acids is 1. The predicted molar refractivity (Wildman–Crippen MR) is 86.5 cm³/mol. The molecule has 0 aliphatic heterocycles. The molecule has 0 bridgehead atoms. The normalized spacial score (nSPS) is 10.4. The highest BCUT2D eigenvalue weighted by molar-refractivity contribution is 8.00. The van der Waals surface area contributed by atoms with Gasteiger partial charge < -0.3 is 10.4 Å². The number of carbonyl (C=O) groups is 2. The number of rotatable bonds is 5. The summed E-state index contributed by atoms with van der Waals surface area (Å²) in [5.74, 6) is -0.971. The molecule has 0 atom stereocenters. The highest BCUT2D eigenvalue weighted by atomic mass is 32.2. The van der Waals surface area contributed by atoms with Crippen molar-refractivity contribution in [3.05, 3.63) is 45.6 Å². The fourth-order valence-electron chi connectivity index (χ4n) is 1.79. The quantitative estimate of drug-likeness (QED) is 0.822. The van der Waals surface area contributed by atoms with Gasteiger partial charge in [-0.25, -0.2) is 4.79 Å². The topological polar surface area (TPSA) is 66.4 Å². The first-order valence-corrected chi connectivity index (χ1v) is 8.15. The van der Waals surface area contributed by atoms with Crippen molar-refractivity contribution in [1.82, 2.24) is 0 Å². The van der Waals surface area contributed by atoms with Crippen molar-refractivity contribution in [2.24, 2.45) is 0 Å². The summed E-state index contributed by atoms with van der Waals surface area (Å²) < 4.78 is 0. The number of hydrogen-bond acceptors (Lipinski definition) is 4.